The first-order chi connectivity index (χ1) is 10.6. The SMILES string of the molecule is O=C(Cc1cccc2ccccc12)Nc1cc(Cl)ccc1Cl. The van der Waals surface area contributed by atoms with E-state index in [1.165, 1.54) is 0 Å². The van der Waals surface area contributed by atoms with Crippen LogP contribution in [0.3, 0.4) is 0 Å². The molecule has 0 radical (unpaired) electrons. The number of rotatable bonds is 3. The van der Waals surface area contributed by atoms with Crippen molar-refractivity contribution in [2.45, 2.75) is 6.42 Å². The fourth-order valence-corrected chi connectivity index (χ4v) is 2.74. The molecule has 4 heteroatoms. The predicted octanol–water partition coefficient (Wildman–Crippen LogP) is 5.33. The molecule has 0 aliphatic heterocycles. The first-order valence-electron chi connectivity index (χ1n) is 6.85. The third-order valence-electron chi connectivity index (χ3n) is 3.43. The lowest BCUT2D eigenvalue weighted by molar-refractivity contribution is -0.115. The molecule has 3 aromatic rings. The van der Waals surface area contributed by atoms with Gasteiger partial charge in [-0.15, -0.1) is 0 Å². The summed E-state index contributed by atoms with van der Waals surface area (Å²) in [5.74, 6) is -0.125. The molecule has 0 heterocycles. The van der Waals surface area contributed by atoms with Gasteiger partial charge in [0, 0.05) is 5.02 Å². The van der Waals surface area contributed by atoms with Crippen LogP contribution < -0.4 is 5.32 Å². The second-order valence-corrected chi connectivity index (χ2v) is 5.83. The number of hydrogen-bond donors (Lipinski definition) is 1. The molecule has 0 aromatic heterocycles. The predicted molar refractivity (Wildman–Crippen MR) is 92.7 cm³/mol. The van der Waals surface area contributed by atoms with Gasteiger partial charge in [0.15, 0.2) is 0 Å². The maximum atomic E-state index is 12.3. The van der Waals surface area contributed by atoms with Gasteiger partial charge in [-0.1, -0.05) is 65.7 Å². The van der Waals surface area contributed by atoms with Gasteiger partial charge in [0.1, 0.15) is 0 Å². The normalized spacial score (nSPS) is 10.6. The molecule has 3 rings (SSSR count). The highest BCUT2D eigenvalue weighted by molar-refractivity contribution is 6.35. The summed E-state index contributed by atoms with van der Waals surface area (Å²) in [5.41, 5.74) is 1.51. The van der Waals surface area contributed by atoms with Crippen LogP contribution in [0.5, 0.6) is 0 Å². The Morgan fingerprint density at radius 3 is 2.59 bits per heavy atom. The summed E-state index contributed by atoms with van der Waals surface area (Å²) in [6.07, 6.45) is 0.282. The van der Waals surface area contributed by atoms with Gasteiger partial charge in [-0.2, -0.15) is 0 Å². The average Bonchev–Trinajstić information content (AvgIpc) is 2.51. The van der Waals surface area contributed by atoms with E-state index >= 15 is 0 Å². The Bertz CT molecular complexity index is 840. The molecular formula is C18H13Cl2NO. The number of nitrogens with one attached hydrogen (secondary N) is 1. The number of carbonyl (C=O) groups excluding carboxylic acids is 1. The molecule has 0 saturated carbocycles. The fraction of sp³-hybridized carbons (Fsp3) is 0.0556. The van der Waals surface area contributed by atoms with E-state index in [-0.39, 0.29) is 12.3 Å². The molecule has 3 aromatic carbocycles. The van der Waals surface area contributed by atoms with Crippen molar-refractivity contribution in [2.75, 3.05) is 5.32 Å². The molecule has 110 valence electrons. The minimum Gasteiger partial charge on any atom is -0.324 e. The Morgan fingerprint density at radius 2 is 1.73 bits per heavy atom. The van der Waals surface area contributed by atoms with Gasteiger partial charge in [0.05, 0.1) is 17.1 Å². The number of hydrogen-bond acceptors (Lipinski definition) is 1. The first kappa shape index (κ1) is 14.9. The van der Waals surface area contributed by atoms with Crippen LogP contribution in [0.1, 0.15) is 5.56 Å². The average molecular weight is 330 g/mol. The maximum Gasteiger partial charge on any atom is 0.228 e. The molecule has 2 nitrogen and oxygen atoms in total. The summed E-state index contributed by atoms with van der Waals surface area (Å²) in [6, 6.07) is 18.9. The zero-order valence-electron chi connectivity index (χ0n) is 11.6. The van der Waals surface area contributed by atoms with E-state index < -0.39 is 0 Å². The topological polar surface area (TPSA) is 29.1 Å². The first-order valence-corrected chi connectivity index (χ1v) is 7.60. The number of amides is 1. The van der Waals surface area contributed by atoms with Gasteiger partial charge in [-0.3, -0.25) is 4.79 Å². The van der Waals surface area contributed by atoms with E-state index in [0.717, 1.165) is 16.3 Å². The Labute approximate surface area is 138 Å². The number of fused-ring (bicyclic) bond motifs is 1. The zero-order chi connectivity index (χ0) is 15.5. The molecule has 0 unspecified atom stereocenters. The summed E-state index contributed by atoms with van der Waals surface area (Å²) in [7, 11) is 0. The van der Waals surface area contributed by atoms with E-state index in [1.54, 1.807) is 18.2 Å². The van der Waals surface area contributed by atoms with Crippen LogP contribution in [-0.2, 0) is 11.2 Å². The molecule has 1 amide bonds. The highest BCUT2D eigenvalue weighted by atomic mass is 35.5. The van der Waals surface area contributed by atoms with Gasteiger partial charge in [0.25, 0.3) is 0 Å². The Kier molecular flexibility index (Phi) is 4.32. The van der Waals surface area contributed by atoms with Gasteiger partial charge in [-0.05, 0) is 34.5 Å². The molecule has 1 N–H and O–H groups in total. The summed E-state index contributed by atoms with van der Waals surface area (Å²) < 4.78 is 0. The van der Waals surface area contributed by atoms with Crippen molar-refractivity contribution in [3.8, 4) is 0 Å². The lowest BCUT2D eigenvalue weighted by atomic mass is 10.0. The highest BCUT2D eigenvalue weighted by Crippen LogP contribution is 2.26. The van der Waals surface area contributed by atoms with Crippen LogP contribution in [0.2, 0.25) is 10.0 Å². The summed E-state index contributed by atoms with van der Waals surface area (Å²) in [5, 5.41) is 6.01. The number of halogens is 2. The van der Waals surface area contributed by atoms with Crippen molar-refractivity contribution in [3.05, 3.63) is 76.3 Å². The van der Waals surface area contributed by atoms with Gasteiger partial charge in [-0.25, -0.2) is 0 Å². The van der Waals surface area contributed by atoms with Crippen molar-refractivity contribution >= 4 is 45.6 Å². The Balaban J connectivity index is 1.83. The molecule has 0 bridgehead atoms. The fourth-order valence-electron chi connectivity index (χ4n) is 2.41. The van der Waals surface area contributed by atoms with Crippen LogP contribution in [0.4, 0.5) is 5.69 Å². The van der Waals surface area contributed by atoms with Gasteiger partial charge in [0.2, 0.25) is 5.91 Å². The van der Waals surface area contributed by atoms with E-state index in [1.807, 2.05) is 42.5 Å². The van der Waals surface area contributed by atoms with Crippen molar-refractivity contribution in [2.24, 2.45) is 0 Å². The molecular weight excluding hydrogens is 317 g/mol. The van der Waals surface area contributed by atoms with E-state index in [4.69, 9.17) is 23.2 Å². The molecule has 0 aliphatic carbocycles. The highest BCUT2D eigenvalue weighted by Gasteiger charge is 2.09. The van der Waals surface area contributed by atoms with Crippen molar-refractivity contribution in [1.29, 1.82) is 0 Å². The zero-order valence-corrected chi connectivity index (χ0v) is 13.2. The molecule has 0 spiro atoms. The number of benzene rings is 3. The van der Waals surface area contributed by atoms with Crippen LogP contribution in [0.15, 0.2) is 60.7 Å². The largest absolute Gasteiger partial charge is 0.324 e. The molecule has 0 fully saturated rings. The Morgan fingerprint density at radius 1 is 0.955 bits per heavy atom. The molecule has 0 aliphatic rings. The van der Waals surface area contributed by atoms with Crippen molar-refractivity contribution in [1.82, 2.24) is 0 Å². The minimum absolute atomic E-state index is 0.125. The number of carbonyl (C=O) groups is 1. The van der Waals surface area contributed by atoms with Crippen LogP contribution >= 0.6 is 23.2 Å². The minimum atomic E-state index is -0.125. The van der Waals surface area contributed by atoms with E-state index in [2.05, 4.69) is 5.32 Å². The third kappa shape index (κ3) is 3.24. The monoisotopic (exact) mass is 329 g/mol. The second kappa shape index (κ2) is 6.39. The molecule has 22 heavy (non-hydrogen) atoms. The van der Waals surface area contributed by atoms with Crippen LogP contribution in [0, 0.1) is 0 Å². The second-order valence-electron chi connectivity index (χ2n) is 4.99. The van der Waals surface area contributed by atoms with Crippen molar-refractivity contribution < 1.29 is 4.79 Å². The van der Waals surface area contributed by atoms with E-state index in [9.17, 15) is 4.79 Å². The summed E-state index contributed by atoms with van der Waals surface area (Å²) in [6.45, 7) is 0. The molecule has 0 atom stereocenters. The standard InChI is InChI=1S/C18H13Cl2NO/c19-14-8-9-16(20)17(11-14)21-18(22)10-13-6-3-5-12-4-1-2-7-15(12)13/h1-9,11H,10H2,(H,21,22). The summed E-state index contributed by atoms with van der Waals surface area (Å²) >= 11 is 12.0. The summed E-state index contributed by atoms with van der Waals surface area (Å²) in [4.78, 5) is 12.3. The van der Waals surface area contributed by atoms with Crippen molar-refractivity contribution in [3.63, 3.8) is 0 Å². The smallest absolute Gasteiger partial charge is 0.228 e. The van der Waals surface area contributed by atoms with Gasteiger partial charge >= 0.3 is 0 Å². The van der Waals surface area contributed by atoms with Crippen LogP contribution in [-0.4, -0.2) is 5.91 Å². The van der Waals surface area contributed by atoms with Gasteiger partial charge < -0.3 is 5.32 Å². The Hall–Kier alpha value is -2.03. The van der Waals surface area contributed by atoms with Crippen LogP contribution in [0.25, 0.3) is 10.8 Å². The lowest BCUT2D eigenvalue weighted by Crippen LogP contribution is -2.14. The maximum absolute atomic E-state index is 12.3. The van der Waals surface area contributed by atoms with E-state index in [0.29, 0.717) is 15.7 Å². The molecule has 0 saturated heterocycles. The number of anilines is 1. The lowest BCUT2D eigenvalue weighted by Gasteiger charge is -2.09. The quantitative estimate of drug-likeness (QED) is 0.691. The third-order valence-corrected chi connectivity index (χ3v) is 4.00.